The average Bonchev–Trinajstić information content (AvgIpc) is 2.54. The lowest BCUT2D eigenvalue weighted by molar-refractivity contribution is 1.52. The summed E-state index contributed by atoms with van der Waals surface area (Å²) in [4.78, 5) is 0. The standard InChI is InChI=1S/C19H12ClN/c20-18-10-8-14(9-11-18)17(13-21)12-16-6-3-5-15-4-1-2-7-19(15)16/h1-12H/b17-12-. The molecule has 0 atom stereocenters. The maximum atomic E-state index is 9.43. The van der Waals surface area contributed by atoms with Gasteiger partial charge in [0.1, 0.15) is 0 Å². The van der Waals surface area contributed by atoms with E-state index < -0.39 is 0 Å². The number of nitriles is 1. The van der Waals surface area contributed by atoms with E-state index in [1.165, 1.54) is 5.39 Å². The van der Waals surface area contributed by atoms with Crippen LogP contribution in [0.5, 0.6) is 0 Å². The van der Waals surface area contributed by atoms with E-state index in [2.05, 4.69) is 24.3 Å². The molecule has 0 aliphatic rings. The van der Waals surface area contributed by atoms with Crippen LogP contribution in [0.3, 0.4) is 0 Å². The number of rotatable bonds is 2. The molecule has 0 saturated heterocycles. The van der Waals surface area contributed by atoms with Gasteiger partial charge >= 0.3 is 0 Å². The largest absolute Gasteiger partial charge is 0.192 e. The number of hydrogen-bond donors (Lipinski definition) is 0. The molecule has 0 radical (unpaired) electrons. The molecule has 0 spiro atoms. The lowest BCUT2D eigenvalue weighted by atomic mass is 10.00. The molecule has 21 heavy (non-hydrogen) atoms. The van der Waals surface area contributed by atoms with Gasteiger partial charge in [0.15, 0.2) is 0 Å². The van der Waals surface area contributed by atoms with Crippen LogP contribution in [0.15, 0.2) is 66.7 Å². The van der Waals surface area contributed by atoms with E-state index in [9.17, 15) is 5.26 Å². The van der Waals surface area contributed by atoms with Crippen molar-refractivity contribution >= 4 is 34.0 Å². The highest BCUT2D eigenvalue weighted by molar-refractivity contribution is 6.30. The Bertz CT molecular complexity index is 849. The van der Waals surface area contributed by atoms with E-state index >= 15 is 0 Å². The molecule has 0 unspecified atom stereocenters. The first-order valence-electron chi connectivity index (χ1n) is 6.63. The van der Waals surface area contributed by atoms with E-state index in [1.807, 2.05) is 42.5 Å². The normalized spacial score (nSPS) is 11.3. The molecule has 0 fully saturated rings. The topological polar surface area (TPSA) is 23.8 Å². The van der Waals surface area contributed by atoms with Gasteiger partial charge in [0, 0.05) is 5.02 Å². The monoisotopic (exact) mass is 289 g/mol. The molecule has 100 valence electrons. The van der Waals surface area contributed by atoms with Gasteiger partial charge in [0.25, 0.3) is 0 Å². The van der Waals surface area contributed by atoms with Crippen LogP contribution in [0.1, 0.15) is 11.1 Å². The van der Waals surface area contributed by atoms with Gasteiger partial charge in [-0.25, -0.2) is 0 Å². The molecule has 0 bridgehead atoms. The van der Waals surface area contributed by atoms with Crippen molar-refractivity contribution in [3.63, 3.8) is 0 Å². The Kier molecular flexibility index (Phi) is 3.73. The smallest absolute Gasteiger partial charge is 0.0998 e. The molecule has 0 amide bonds. The van der Waals surface area contributed by atoms with Gasteiger partial charge in [-0.1, -0.05) is 66.2 Å². The van der Waals surface area contributed by atoms with Crippen LogP contribution >= 0.6 is 11.6 Å². The summed E-state index contributed by atoms with van der Waals surface area (Å²) in [7, 11) is 0. The van der Waals surface area contributed by atoms with Crippen LogP contribution in [0.4, 0.5) is 0 Å². The minimum atomic E-state index is 0.628. The molecular weight excluding hydrogens is 278 g/mol. The van der Waals surface area contributed by atoms with E-state index in [0.29, 0.717) is 10.6 Å². The summed E-state index contributed by atoms with van der Waals surface area (Å²) in [6.45, 7) is 0. The lowest BCUT2D eigenvalue weighted by Crippen LogP contribution is -1.83. The molecule has 0 aromatic heterocycles. The second-order valence-electron chi connectivity index (χ2n) is 4.75. The zero-order chi connectivity index (χ0) is 14.7. The molecule has 0 aliphatic carbocycles. The van der Waals surface area contributed by atoms with Crippen LogP contribution in [0.25, 0.3) is 22.4 Å². The minimum absolute atomic E-state index is 0.628. The van der Waals surface area contributed by atoms with Crippen LogP contribution in [0.2, 0.25) is 5.02 Å². The predicted octanol–water partition coefficient (Wildman–Crippen LogP) is 5.56. The lowest BCUT2D eigenvalue weighted by Gasteiger charge is -2.04. The molecule has 3 aromatic carbocycles. The Labute approximate surface area is 128 Å². The van der Waals surface area contributed by atoms with Gasteiger partial charge in [-0.3, -0.25) is 0 Å². The van der Waals surface area contributed by atoms with Crippen molar-refractivity contribution in [3.05, 3.63) is 82.9 Å². The van der Waals surface area contributed by atoms with Crippen molar-refractivity contribution in [3.8, 4) is 6.07 Å². The Morgan fingerprint density at radius 2 is 1.62 bits per heavy atom. The fourth-order valence-electron chi connectivity index (χ4n) is 2.34. The van der Waals surface area contributed by atoms with Crippen molar-refractivity contribution < 1.29 is 0 Å². The van der Waals surface area contributed by atoms with Crippen molar-refractivity contribution in [1.82, 2.24) is 0 Å². The summed E-state index contributed by atoms with van der Waals surface area (Å²) in [6, 6.07) is 23.8. The van der Waals surface area contributed by atoms with Crippen molar-refractivity contribution in [2.75, 3.05) is 0 Å². The fraction of sp³-hybridized carbons (Fsp3) is 0. The van der Waals surface area contributed by atoms with Gasteiger partial charge < -0.3 is 0 Å². The molecular formula is C19H12ClN. The van der Waals surface area contributed by atoms with Crippen molar-refractivity contribution in [2.24, 2.45) is 0 Å². The minimum Gasteiger partial charge on any atom is -0.192 e. The van der Waals surface area contributed by atoms with Gasteiger partial charge in [0.2, 0.25) is 0 Å². The third-order valence-electron chi connectivity index (χ3n) is 3.40. The summed E-state index contributed by atoms with van der Waals surface area (Å²) in [6.07, 6.45) is 1.92. The predicted molar refractivity (Wildman–Crippen MR) is 88.9 cm³/mol. The molecule has 3 rings (SSSR count). The molecule has 1 nitrogen and oxygen atoms in total. The number of hydrogen-bond acceptors (Lipinski definition) is 1. The summed E-state index contributed by atoms with van der Waals surface area (Å²) >= 11 is 5.90. The Balaban J connectivity index is 2.13. The number of fused-ring (bicyclic) bond motifs is 1. The van der Waals surface area contributed by atoms with E-state index in [-0.39, 0.29) is 0 Å². The highest BCUT2D eigenvalue weighted by Gasteiger charge is 2.03. The van der Waals surface area contributed by atoms with Crippen LogP contribution < -0.4 is 0 Å². The second-order valence-corrected chi connectivity index (χ2v) is 5.18. The third-order valence-corrected chi connectivity index (χ3v) is 3.65. The Morgan fingerprint density at radius 1 is 0.905 bits per heavy atom. The summed E-state index contributed by atoms with van der Waals surface area (Å²) < 4.78 is 0. The Morgan fingerprint density at radius 3 is 2.38 bits per heavy atom. The molecule has 0 saturated carbocycles. The second kappa shape index (κ2) is 5.83. The highest BCUT2D eigenvalue weighted by atomic mass is 35.5. The first kappa shape index (κ1) is 13.4. The van der Waals surface area contributed by atoms with E-state index in [1.54, 1.807) is 12.1 Å². The third kappa shape index (κ3) is 2.81. The van der Waals surface area contributed by atoms with Crippen LogP contribution in [-0.2, 0) is 0 Å². The maximum absolute atomic E-state index is 9.43. The number of nitrogens with zero attached hydrogens (tertiary/aromatic N) is 1. The molecule has 0 N–H and O–H groups in total. The first-order chi connectivity index (χ1) is 10.3. The van der Waals surface area contributed by atoms with Gasteiger partial charge in [-0.2, -0.15) is 5.26 Å². The first-order valence-corrected chi connectivity index (χ1v) is 7.01. The molecule has 0 aliphatic heterocycles. The number of halogens is 1. The number of allylic oxidation sites excluding steroid dienone is 1. The maximum Gasteiger partial charge on any atom is 0.0998 e. The summed E-state index contributed by atoms with van der Waals surface area (Å²) in [5, 5.41) is 12.4. The summed E-state index contributed by atoms with van der Waals surface area (Å²) in [5.74, 6) is 0. The zero-order valence-electron chi connectivity index (χ0n) is 11.3. The van der Waals surface area contributed by atoms with Crippen molar-refractivity contribution in [2.45, 2.75) is 0 Å². The van der Waals surface area contributed by atoms with Crippen LogP contribution in [0, 0.1) is 11.3 Å². The van der Waals surface area contributed by atoms with E-state index in [0.717, 1.165) is 16.5 Å². The Hall–Kier alpha value is -2.56. The van der Waals surface area contributed by atoms with E-state index in [4.69, 9.17) is 11.6 Å². The summed E-state index contributed by atoms with van der Waals surface area (Å²) in [5.41, 5.74) is 2.54. The SMILES string of the molecule is N#C/C(=C/c1cccc2ccccc12)c1ccc(Cl)cc1. The van der Waals surface area contributed by atoms with Crippen LogP contribution in [-0.4, -0.2) is 0 Å². The molecule has 2 heteroatoms. The fourth-order valence-corrected chi connectivity index (χ4v) is 2.47. The zero-order valence-corrected chi connectivity index (χ0v) is 12.0. The molecule has 3 aromatic rings. The molecule has 0 heterocycles. The quantitative estimate of drug-likeness (QED) is 0.448. The highest BCUT2D eigenvalue weighted by Crippen LogP contribution is 2.24. The van der Waals surface area contributed by atoms with Gasteiger partial charge in [-0.05, 0) is 40.1 Å². The van der Waals surface area contributed by atoms with Gasteiger partial charge in [-0.15, -0.1) is 0 Å². The number of benzene rings is 3. The van der Waals surface area contributed by atoms with Crippen molar-refractivity contribution in [1.29, 1.82) is 5.26 Å². The van der Waals surface area contributed by atoms with Gasteiger partial charge in [0.05, 0.1) is 11.6 Å². The average molecular weight is 290 g/mol.